The van der Waals surface area contributed by atoms with Gasteiger partial charge in [0.25, 0.3) is 0 Å². The van der Waals surface area contributed by atoms with Gasteiger partial charge in [0.05, 0.1) is 6.10 Å². The van der Waals surface area contributed by atoms with Crippen molar-refractivity contribution in [3.8, 4) is 0 Å². The molecular formula is C15H30N2O2. The van der Waals surface area contributed by atoms with Crippen molar-refractivity contribution in [1.82, 2.24) is 10.6 Å². The van der Waals surface area contributed by atoms with Crippen molar-refractivity contribution in [2.45, 2.75) is 71.0 Å². The minimum absolute atomic E-state index is 0.0162. The van der Waals surface area contributed by atoms with Crippen LogP contribution >= 0.6 is 0 Å². The summed E-state index contributed by atoms with van der Waals surface area (Å²) in [5.41, 5.74) is 0. The molecule has 0 bridgehead atoms. The Kier molecular flexibility index (Phi) is 8.84. The zero-order valence-corrected chi connectivity index (χ0v) is 12.5. The van der Waals surface area contributed by atoms with Crippen LogP contribution < -0.4 is 10.6 Å². The van der Waals surface area contributed by atoms with Gasteiger partial charge in [-0.1, -0.05) is 32.6 Å². The lowest BCUT2D eigenvalue weighted by Gasteiger charge is -2.20. The molecule has 0 aromatic carbocycles. The molecule has 1 atom stereocenters. The Labute approximate surface area is 117 Å². The van der Waals surface area contributed by atoms with Gasteiger partial charge in [0.15, 0.2) is 0 Å². The lowest BCUT2D eigenvalue weighted by molar-refractivity contribution is -0.135. The molecule has 1 aliphatic carbocycles. The van der Waals surface area contributed by atoms with Gasteiger partial charge in [0.1, 0.15) is 6.10 Å². The van der Waals surface area contributed by atoms with Crippen molar-refractivity contribution >= 4 is 5.91 Å². The largest absolute Gasteiger partial charge is 0.365 e. The van der Waals surface area contributed by atoms with Crippen molar-refractivity contribution in [2.24, 2.45) is 0 Å². The predicted molar refractivity (Wildman–Crippen MR) is 78.2 cm³/mol. The molecule has 0 heterocycles. The molecule has 112 valence electrons. The topological polar surface area (TPSA) is 50.4 Å². The second-order valence-corrected chi connectivity index (χ2v) is 5.43. The maximum atomic E-state index is 11.9. The highest BCUT2D eigenvalue weighted by Crippen LogP contribution is 2.20. The van der Waals surface area contributed by atoms with E-state index in [1.807, 2.05) is 6.92 Å². The summed E-state index contributed by atoms with van der Waals surface area (Å²) in [7, 11) is 0. The third kappa shape index (κ3) is 7.53. The van der Waals surface area contributed by atoms with Crippen LogP contribution in [0.25, 0.3) is 0 Å². The highest BCUT2D eigenvalue weighted by molar-refractivity contribution is 5.80. The third-order valence-corrected chi connectivity index (χ3v) is 3.60. The van der Waals surface area contributed by atoms with Gasteiger partial charge in [-0.25, -0.2) is 0 Å². The first-order valence-electron chi connectivity index (χ1n) is 7.88. The summed E-state index contributed by atoms with van der Waals surface area (Å²) < 4.78 is 5.88. The molecule has 0 radical (unpaired) electrons. The van der Waals surface area contributed by atoms with E-state index < -0.39 is 0 Å². The van der Waals surface area contributed by atoms with Crippen LogP contribution in [0.1, 0.15) is 58.8 Å². The molecule has 1 unspecified atom stereocenters. The Balaban J connectivity index is 2.12. The number of amides is 1. The SMILES string of the molecule is CCCNCCNC(=O)C(C)OC1CCCCCC1. The van der Waals surface area contributed by atoms with Gasteiger partial charge >= 0.3 is 0 Å². The normalized spacial score (nSPS) is 18.8. The Bertz CT molecular complexity index is 238. The zero-order chi connectivity index (χ0) is 13.9. The number of hydrogen-bond donors (Lipinski definition) is 2. The van der Waals surface area contributed by atoms with E-state index in [0.717, 1.165) is 32.4 Å². The first-order chi connectivity index (χ1) is 9.24. The first kappa shape index (κ1) is 16.4. The smallest absolute Gasteiger partial charge is 0.248 e. The maximum absolute atomic E-state index is 11.9. The minimum Gasteiger partial charge on any atom is -0.365 e. The summed E-state index contributed by atoms with van der Waals surface area (Å²) in [6.07, 6.45) is 8.38. The number of carbonyl (C=O) groups excluding carboxylic acids is 1. The van der Waals surface area contributed by atoms with E-state index in [0.29, 0.717) is 6.54 Å². The van der Waals surface area contributed by atoms with Crippen LogP contribution in [-0.2, 0) is 9.53 Å². The fourth-order valence-electron chi connectivity index (χ4n) is 2.45. The summed E-state index contributed by atoms with van der Waals surface area (Å²) in [6.45, 7) is 6.50. The molecule has 0 saturated heterocycles. The van der Waals surface area contributed by atoms with E-state index in [4.69, 9.17) is 4.74 Å². The summed E-state index contributed by atoms with van der Waals surface area (Å²) in [6, 6.07) is 0. The summed E-state index contributed by atoms with van der Waals surface area (Å²) in [4.78, 5) is 11.9. The van der Waals surface area contributed by atoms with Crippen molar-refractivity contribution in [1.29, 1.82) is 0 Å². The fourth-order valence-corrected chi connectivity index (χ4v) is 2.45. The maximum Gasteiger partial charge on any atom is 0.248 e. The zero-order valence-electron chi connectivity index (χ0n) is 12.5. The number of hydrogen-bond acceptors (Lipinski definition) is 3. The molecule has 1 saturated carbocycles. The Hall–Kier alpha value is -0.610. The van der Waals surface area contributed by atoms with Crippen molar-refractivity contribution in [3.05, 3.63) is 0 Å². The quantitative estimate of drug-likeness (QED) is 0.525. The summed E-state index contributed by atoms with van der Waals surface area (Å²) >= 11 is 0. The summed E-state index contributed by atoms with van der Waals surface area (Å²) in [5.74, 6) is 0.0162. The molecule has 19 heavy (non-hydrogen) atoms. The third-order valence-electron chi connectivity index (χ3n) is 3.60. The van der Waals surface area contributed by atoms with E-state index in [1.54, 1.807) is 0 Å². The van der Waals surface area contributed by atoms with Crippen molar-refractivity contribution in [2.75, 3.05) is 19.6 Å². The van der Waals surface area contributed by atoms with E-state index in [1.165, 1.54) is 25.7 Å². The Morgan fingerprint density at radius 2 is 1.84 bits per heavy atom. The van der Waals surface area contributed by atoms with E-state index in [-0.39, 0.29) is 18.1 Å². The van der Waals surface area contributed by atoms with Crippen LogP contribution in [0, 0.1) is 0 Å². The molecule has 1 aliphatic rings. The number of ether oxygens (including phenoxy) is 1. The van der Waals surface area contributed by atoms with Gasteiger partial charge in [0, 0.05) is 13.1 Å². The molecule has 4 heteroatoms. The van der Waals surface area contributed by atoms with Crippen LogP contribution in [-0.4, -0.2) is 37.7 Å². The lowest BCUT2D eigenvalue weighted by atomic mass is 10.1. The standard InChI is InChI=1S/C15H30N2O2/c1-3-10-16-11-12-17-15(18)13(2)19-14-8-6-4-5-7-9-14/h13-14,16H,3-12H2,1-2H3,(H,17,18). The van der Waals surface area contributed by atoms with Gasteiger partial charge in [0.2, 0.25) is 5.91 Å². The molecule has 2 N–H and O–H groups in total. The van der Waals surface area contributed by atoms with Gasteiger partial charge in [-0.3, -0.25) is 4.79 Å². The molecule has 0 spiro atoms. The fraction of sp³-hybridized carbons (Fsp3) is 0.933. The van der Waals surface area contributed by atoms with Crippen molar-refractivity contribution in [3.63, 3.8) is 0 Å². The lowest BCUT2D eigenvalue weighted by Crippen LogP contribution is -2.40. The van der Waals surface area contributed by atoms with E-state index in [2.05, 4.69) is 17.6 Å². The van der Waals surface area contributed by atoms with Crippen LogP contribution in [0.4, 0.5) is 0 Å². The monoisotopic (exact) mass is 270 g/mol. The highest BCUT2D eigenvalue weighted by Gasteiger charge is 2.19. The summed E-state index contributed by atoms with van der Waals surface area (Å²) in [5, 5.41) is 6.18. The predicted octanol–water partition coefficient (Wildman–Crippen LogP) is 2.23. The average molecular weight is 270 g/mol. The second-order valence-electron chi connectivity index (χ2n) is 5.43. The van der Waals surface area contributed by atoms with Gasteiger partial charge in [-0.15, -0.1) is 0 Å². The minimum atomic E-state index is -0.325. The van der Waals surface area contributed by atoms with E-state index in [9.17, 15) is 4.79 Å². The van der Waals surface area contributed by atoms with Gasteiger partial charge in [-0.05, 0) is 32.7 Å². The first-order valence-corrected chi connectivity index (χ1v) is 7.88. The van der Waals surface area contributed by atoms with Crippen LogP contribution in [0.5, 0.6) is 0 Å². The molecular weight excluding hydrogens is 240 g/mol. The Morgan fingerprint density at radius 3 is 2.47 bits per heavy atom. The molecule has 0 aromatic rings. The molecule has 0 aromatic heterocycles. The number of carbonyl (C=O) groups is 1. The Morgan fingerprint density at radius 1 is 1.16 bits per heavy atom. The van der Waals surface area contributed by atoms with E-state index >= 15 is 0 Å². The number of rotatable bonds is 8. The number of nitrogens with one attached hydrogen (secondary N) is 2. The van der Waals surface area contributed by atoms with Crippen LogP contribution in [0.2, 0.25) is 0 Å². The van der Waals surface area contributed by atoms with Gasteiger partial charge < -0.3 is 15.4 Å². The van der Waals surface area contributed by atoms with Crippen LogP contribution in [0.15, 0.2) is 0 Å². The molecule has 1 fully saturated rings. The molecule has 0 aliphatic heterocycles. The highest BCUT2D eigenvalue weighted by atomic mass is 16.5. The molecule has 1 amide bonds. The second kappa shape index (κ2) is 10.2. The average Bonchev–Trinajstić information content (AvgIpc) is 2.67. The van der Waals surface area contributed by atoms with Crippen LogP contribution in [0.3, 0.4) is 0 Å². The van der Waals surface area contributed by atoms with Crippen molar-refractivity contribution < 1.29 is 9.53 Å². The van der Waals surface area contributed by atoms with Gasteiger partial charge in [-0.2, -0.15) is 0 Å². The molecule has 4 nitrogen and oxygen atoms in total. The molecule has 1 rings (SSSR count).